The number of benzene rings is 5. The Morgan fingerprint density at radius 2 is 1.02 bits per heavy atom. The summed E-state index contributed by atoms with van der Waals surface area (Å²) in [5.41, 5.74) is 21.5. The molecule has 0 atom stereocenters. The lowest BCUT2D eigenvalue weighted by Gasteiger charge is -2.09. The van der Waals surface area contributed by atoms with E-state index < -0.39 is 20.2 Å². The maximum atomic E-state index is 12.0. The lowest BCUT2D eigenvalue weighted by atomic mass is 10.1. The molecular formula is C29H25N9O6S2. The van der Waals surface area contributed by atoms with Gasteiger partial charge >= 0.3 is 0 Å². The summed E-state index contributed by atoms with van der Waals surface area (Å²) in [7, 11) is -8.89. The highest BCUT2D eigenvalue weighted by Crippen LogP contribution is 2.41. The van der Waals surface area contributed by atoms with Gasteiger partial charge in [0.2, 0.25) is 0 Å². The van der Waals surface area contributed by atoms with Crippen LogP contribution in [0.4, 0.5) is 51.2 Å². The van der Waals surface area contributed by atoms with E-state index in [1.54, 1.807) is 55.5 Å². The minimum Gasteiger partial charge on any atom is -0.397 e. The van der Waals surface area contributed by atoms with Crippen LogP contribution in [-0.4, -0.2) is 25.9 Å². The summed E-state index contributed by atoms with van der Waals surface area (Å²) in [4.78, 5) is -0.618. The molecular weight excluding hydrogens is 635 g/mol. The summed E-state index contributed by atoms with van der Waals surface area (Å²) >= 11 is 0. The van der Waals surface area contributed by atoms with Crippen LogP contribution in [-0.2, 0) is 20.2 Å². The first-order valence-electron chi connectivity index (χ1n) is 13.1. The number of hydrogen-bond acceptors (Lipinski definition) is 13. The van der Waals surface area contributed by atoms with Crippen LogP contribution in [0.3, 0.4) is 0 Å². The molecule has 0 spiro atoms. The maximum absolute atomic E-state index is 12.0. The van der Waals surface area contributed by atoms with Crippen molar-refractivity contribution in [2.24, 2.45) is 30.7 Å². The third-order valence-electron chi connectivity index (χ3n) is 6.66. The second kappa shape index (κ2) is 12.4. The van der Waals surface area contributed by atoms with Crippen LogP contribution >= 0.6 is 0 Å². The molecule has 0 aliphatic rings. The van der Waals surface area contributed by atoms with Crippen LogP contribution in [0.2, 0.25) is 0 Å². The standard InChI is InChI=1S/C29H25N9O6S2/c1-16-14-23(36-34-19-10-12-20(13-11-19)45(39,40)41)28(32)29(26(16)30)38-35-18-8-6-17(7-9-18)33-37-24-15-25(46(42,43)44)21-4-2-3-5-22(21)27(24)31/h2-15H,30-32H2,1H3,(H,39,40,41)(H,42,43,44). The molecule has 0 saturated heterocycles. The molecule has 8 N–H and O–H groups in total. The molecule has 0 aliphatic heterocycles. The van der Waals surface area contributed by atoms with Gasteiger partial charge in [-0.3, -0.25) is 9.11 Å². The minimum absolute atomic E-state index is 0.0589. The fourth-order valence-electron chi connectivity index (χ4n) is 4.25. The van der Waals surface area contributed by atoms with Crippen LogP contribution < -0.4 is 17.2 Å². The summed E-state index contributed by atoms with van der Waals surface area (Å²) in [5, 5.41) is 25.5. The van der Waals surface area contributed by atoms with Crippen molar-refractivity contribution < 1.29 is 25.9 Å². The zero-order chi connectivity index (χ0) is 33.2. The number of aryl methyl sites for hydroxylation is 1. The Hall–Kier alpha value is -5.62. The van der Waals surface area contributed by atoms with Crippen molar-refractivity contribution >= 4 is 82.2 Å². The minimum atomic E-state index is -4.56. The second-order valence-electron chi connectivity index (χ2n) is 9.80. The number of nitrogens with zero attached hydrogens (tertiary/aromatic N) is 6. The van der Waals surface area contributed by atoms with E-state index in [2.05, 4.69) is 30.7 Å². The molecule has 0 amide bonds. The molecule has 0 unspecified atom stereocenters. The molecule has 0 bridgehead atoms. The molecule has 5 aromatic carbocycles. The van der Waals surface area contributed by atoms with E-state index in [0.717, 1.165) is 6.07 Å². The van der Waals surface area contributed by atoms with Gasteiger partial charge in [-0.15, -0.1) is 15.3 Å². The Morgan fingerprint density at radius 3 is 1.54 bits per heavy atom. The highest BCUT2D eigenvalue weighted by Gasteiger charge is 2.18. The third-order valence-corrected chi connectivity index (χ3v) is 8.43. The molecule has 5 rings (SSSR count). The van der Waals surface area contributed by atoms with Crippen molar-refractivity contribution in [1.82, 2.24) is 0 Å². The normalized spacial score (nSPS) is 12.6. The lowest BCUT2D eigenvalue weighted by molar-refractivity contribution is 0.481. The Morgan fingerprint density at radius 1 is 0.543 bits per heavy atom. The van der Waals surface area contributed by atoms with Crippen molar-refractivity contribution in [3.05, 3.63) is 90.5 Å². The molecule has 0 aromatic heterocycles. The van der Waals surface area contributed by atoms with Crippen LogP contribution in [0.25, 0.3) is 10.8 Å². The first kappa shape index (κ1) is 31.8. The van der Waals surface area contributed by atoms with E-state index in [-0.39, 0.29) is 49.3 Å². The van der Waals surface area contributed by atoms with Crippen molar-refractivity contribution in [2.75, 3.05) is 17.2 Å². The summed E-state index contributed by atoms with van der Waals surface area (Å²) in [5.74, 6) is 0. The fraction of sp³-hybridized carbons (Fsp3) is 0.0345. The summed E-state index contributed by atoms with van der Waals surface area (Å²) in [6, 6.07) is 20.7. The first-order valence-corrected chi connectivity index (χ1v) is 16.0. The van der Waals surface area contributed by atoms with Gasteiger partial charge in [0.25, 0.3) is 20.2 Å². The van der Waals surface area contributed by atoms with E-state index in [4.69, 9.17) is 21.8 Å². The Labute approximate surface area is 262 Å². The number of rotatable bonds is 8. The van der Waals surface area contributed by atoms with Crippen LogP contribution in [0.15, 0.2) is 125 Å². The number of fused-ring (bicyclic) bond motifs is 1. The highest BCUT2D eigenvalue weighted by atomic mass is 32.2. The highest BCUT2D eigenvalue weighted by molar-refractivity contribution is 7.86. The van der Waals surface area contributed by atoms with Gasteiger partial charge in [0, 0.05) is 10.8 Å². The number of hydrogen-bond donors (Lipinski definition) is 5. The monoisotopic (exact) mass is 659 g/mol. The maximum Gasteiger partial charge on any atom is 0.295 e. The van der Waals surface area contributed by atoms with Gasteiger partial charge in [-0.2, -0.15) is 32.2 Å². The molecule has 0 heterocycles. The molecule has 0 fully saturated rings. The summed E-state index contributed by atoms with van der Waals surface area (Å²) < 4.78 is 65.3. The van der Waals surface area contributed by atoms with Crippen molar-refractivity contribution in [2.45, 2.75) is 16.7 Å². The van der Waals surface area contributed by atoms with E-state index >= 15 is 0 Å². The number of anilines is 3. The molecule has 46 heavy (non-hydrogen) atoms. The Bertz CT molecular complexity index is 2290. The largest absolute Gasteiger partial charge is 0.397 e. The Balaban J connectivity index is 1.37. The van der Waals surface area contributed by atoms with Crippen molar-refractivity contribution in [1.29, 1.82) is 0 Å². The smallest absolute Gasteiger partial charge is 0.295 e. The second-order valence-corrected chi connectivity index (χ2v) is 12.6. The van der Waals surface area contributed by atoms with E-state index in [1.165, 1.54) is 30.3 Å². The molecule has 0 radical (unpaired) electrons. The van der Waals surface area contributed by atoms with E-state index in [1.807, 2.05) is 0 Å². The average Bonchev–Trinajstić information content (AvgIpc) is 3.01. The summed E-state index contributed by atoms with van der Waals surface area (Å²) in [6.07, 6.45) is 0. The van der Waals surface area contributed by atoms with Gasteiger partial charge in [0.05, 0.1) is 39.0 Å². The molecule has 0 aliphatic carbocycles. The topological polar surface area (TPSA) is 261 Å². The van der Waals surface area contributed by atoms with Gasteiger partial charge in [-0.05, 0) is 73.2 Å². The molecule has 5 aromatic rings. The van der Waals surface area contributed by atoms with Gasteiger partial charge in [0.15, 0.2) is 0 Å². The summed E-state index contributed by atoms with van der Waals surface area (Å²) in [6.45, 7) is 1.73. The van der Waals surface area contributed by atoms with Gasteiger partial charge < -0.3 is 17.2 Å². The average molecular weight is 660 g/mol. The quantitative estimate of drug-likeness (QED) is 0.0621. The van der Waals surface area contributed by atoms with E-state index in [0.29, 0.717) is 28.0 Å². The zero-order valence-corrected chi connectivity index (χ0v) is 25.5. The predicted molar refractivity (Wildman–Crippen MR) is 173 cm³/mol. The fourth-order valence-corrected chi connectivity index (χ4v) is 5.45. The Kier molecular flexibility index (Phi) is 8.57. The first-order chi connectivity index (χ1) is 21.7. The van der Waals surface area contributed by atoms with Gasteiger partial charge in [0.1, 0.15) is 22.0 Å². The van der Waals surface area contributed by atoms with Crippen LogP contribution in [0.5, 0.6) is 0 Å². The number of nitrogens with two attached hydrogens (primary N) is 3. The molecule has 17 heteroatoms. The zero-order valence-electron chi connectivity index (χ0n) is 23.8. The lowest BCUT2D eigenvalue weighted by Crippen LogP contribution is -2.01. The molecule has 234 valence electrons. The van der Waals surface area contributed by atoms with E-state index in [9.17, 15) is 21.4 Å². The van der Waals surface area contributed by atoms with Crippen molar-refractivity contribution in [3.8, 4) is 0 Å². The van der Waals surface area contributed by atoms with Crippen LogP contribution in [0, 0.1) is 6.92 Å². The SMILES string of the molecule is Cc1cc(N=Nc2ccc(S(=O)(=O)O)cc2)c(N)c(N=Nc2ccc(N=Nc3cc(S(=O)(=O)O)c4ccccc4c3N)cc2)c1N. The number of nitrogen functional groups attached to an aromatic ring is 3. The molecule has 0 saturated carbocycles. The number of azo groups is 3. The van der Waals surface area contributed by atoms with Gasteiger partial charge in [-0.25, -0.2) is 0 Å². The third kappa shape index (κ3) is 6.87. The predicted octanol–water partition coefficient (Wildman–Crippen LogP) is 7.63. The van der Waals surface area contributed by atoms with Gasteiger partial charge in [-0.1, -0.05) is 24.3 Å². The van der Waals surface area contributed by atoms with Crippen LogP contribution in [0.1, 0.15) is 5.56 Å². The molecule has 15 nitrogen and oxygen atoms in total. The van der Waals surface area contributed by atoms with Crippen molar-refractivity contribution in [3.63, 3.8) is 0 Å².